The second-order valence-corrected chi connectivity index (χ2v) is 5.09. The quantitative estimate of drug-likeness (QED) is 0.458. The highest BCUT2D eigenvalue weighted by Crippen LogP contribution is 2.33. The largest absolute Gasteiger partial charge is 0.386 e. The number of carbonyl (C=O) groups excluding carboxylic acids is 1. The molecule has 0 saturated heterocycles. The fraction of sp³-hybridized carbons (Fsp3) is 0.158. The molecule has 2 rings (SSSR count). The molecule has 0 saturated carbocycles. The van der Waals surface area contributed by atoms with E-state index in [4.69, 9.17) is 5.26 Å². The molecule has 0 aliphatic rings. The molecule has 0 aromatic heterocycles. The number of carbonyl (C=O) groups is 1. The highest BCUT2D eigenvalue weighted by Gasteiger charge is 2.11. The maximum absolute atomic E-state index is 14.7. The van der Waals surface area contributed by atoms with E-state index < -0.39 is 5.83 Å². The number of halogens is 1. The molecule has 2 aromatic rings. The third kappa shape index (κ3) is 4.20. The fourth-order valence-electron chi connectivity index (χ4n) is 2.28. The number of nitrogens with one attached hydrogen (secondary N) is 2. The SMILES string of the molecule is CNc1cccc(/C(F)=C/c2ccc(C#N)cc2)c1NCCC=O. The summed E-state index contributed by atoms with van der Waals surface area (Å²) in [6.07, 6.45) is 2.58. The number of para-hydroxylation sites is 1. The smallest absolute Gasteiger partial charge is 0.133 e. The first kappa shape index (κ1) is 17.2. The topological polar surface area (TPSA) is 64.9 Å². The lowest BCUT2D eigenvalue weighted by molar-refractivity contribution is -0.107. The van der Waals surface area contributed by atoms with Crippen LogP contribution in [0, 0.1) is 11.3 Å². The third-order valence-corrected chi connectivity index (χ3v) is 3.49. The van der Waals surface area contributed by atoms with E-state index in [9.17, 15) is 9.18 Å². The van der Waals surface area contributed by atoms with Gasteiger partial charge in [0.25, 0.3) is 0 Å². The summed E-state index contributed by atoms with van der Waals surface area (Å²) < 4.78 is 14.7. The van der Waals surface area contributed by atoms with Crippen molar-refractivity contribution in [1.82, 2.24) is 0 Å². The van der Waals surface area contributed by atoms with Crippen LogP contribution in [0.4, 0.5) is 15.8 Å². The van der Waals surface area contributed by atoms with Gasteiger partial charge in [-0.1, -0.05) is 18.2 Å². The summed E-state index contributed by atoms with van der Waals surface area (Å²) in [5, 5.41) is 14.9. The van der Waals surface area contributed by atoms with E-state index in [1.165, 1.54) is 6.08 Å². The lowest BCUT2D eigenvalue weighted by Crippen LogP contribution is -2.07. The van der Waals surface area contributed by atoms with Gasteiger partial charge in [-0.05, 0) is 35.9 Å². The van der Waals surface area contributed by atoms with Gasteiger partial charge in [-0.2, -0.15) is 5.26 Å². The van der Waals surface area contributed by atoms with Gasteiger partial charge >= 0.3 is 0 Å². The molecular formula is C19H18FN3O. The summed E-state index contributed by atoms with van der Waals surface area (Å²) >= 11 is 0. The van der Waals surface area contributed by atoms with Crippen LogP contribution in [-0.2, 0) is 4.79 Å². The molecule has 0 aliphatic heterocycles. The lowest BCUT2D eigenvalue weighted by atomic mass is 10.1. The standard InChI is InChI=1S/C19H18FN3O/c1-22-18-5-2-4-16(19(18)23-10-3-11-24)17(20)12-14-6-8-15(13-21)9-7-14/h2,4-9,11-12,22-23H,3,10H2,1H3/b17-12-. The van der Waals surface area contributed by atoms with Crippen molar-refractivity contribution < 1.29 is 9.18 Å². The molecule has 0 amide bonds. The maximum Gasteiger partial charge on any atom is 0.133 e. The van der Waals surface area contributed by atoms with Crippen LogP contribution >= 0.6 is 0 Å². The number of aldehydes is 1. The average Bonchev–Trinajstić information content (AvgIpc) is 2.62. The van der Waals surface area contributed by atoms with Gasteiger partial charge in [0.2, 0.25) is 0 Å². The molecule has 0 spiro atoms. The second-order valence-electron chi connectivity index (χ2n) is 5.09. The molecule has 0 unspecified atom stereocenters. The van der Waals surface area contributed by atoms with Gasteiger partial charge in [-0.15, -0.1) is 0 Å². The van der Waals surface area contributed by atoms with Gasteiger partial charge in [0, 0.05) is 25.6 Å². The number of hydrogen-bond donors (Lipinski definition) is 2. The van der Waals surface area contributed by atoms with Crippen molar-refractivity contribution in [3.8, 4) is 6.07 Å². The van der Waals surface area contributed by atoms with E-state index in [2.05, 4.69) is 10.6 Å². The predicted molar refractivity (Wildman–Crippen MR) is 95.3 cm³/mol. The molecule has 0 fully saturated rings. The summed E-state index contributed by atoms with van der Waals surface area (Å²) in [6, 6.07) is 14.0. The molecule has 0 atom stereocenters. The molecule has 0 radical (unpaired) electrons. The minimum Gasteiger partial charge on any atom is -0.386 e. The Morgan fingerprint density at radius 2 is 2.00 bits per heavy atom. The Hall–Kier alpha value is -3.13. The Morgan fingerprint density at radius 3 is 2.62 bits per heavy atom. The van der Waals surface area contributed by atoms with Crippen LogP contribution in [0.25, 0.3) is 11.9 Å². The molecule has 5 heteroatoms. The third-order valence-electron chi connectivity index (χ3n) is 3.49. The van der Waals surface area contributed by atoms with Crippen LogP contribution in [0.5, 0.6) is 0 Å². The number of benzene rings is 2. The zero-order valence-electron chi connectivity index (χ0n) is 13.3. The Morgan fingerprint density at radius 1 is 1.25 bits per heavy atom. The van der Waals surface area contributed by atoms with Crippen molar-refractivity contribution in [3.63, 3.8) is 0 Å². The van der Waals surface area contributed by atoms with E-state index >= 15 is 0 Å². The van der Waals surface area contributed by atoms with Gasteiger partial charge in [0.05, 0.1) is 23.0 Å². The number of nitriles is 1. The van der Waals surface area contributed by atoms with Crippen molar-refractivity contribution in [2.45, 2.75) is 6.42 Å². The zero-order valence-corrected chi connectivity index (χ0v) is 13.3. The molecule has 4 nitrogen and oxygen atoms in total. The molecule has 0 heterocycles. The number of rotatable bonds is 7. The van der Waals surface area contributed by atoms with E-state index in [-0.39, 0.29) is 0 Å². The summed E-state index contributed by atoms with van der Waals surface area (Å²) in [5.74, 6) is -0.398. The van der Waals surface area contributed by atoms with E-state index in [0.29, 0.717) is 35.3 Å². The van der Waals surface area contributed by atoms with Gasteiger partial charge in [-0.25, -0.2) is 4.39 Å². The normalized spacial score (nSPS) is 10.8. The first-order valence-corrected chi connectivity index (χ1v) is 7.55. The first-order chi connectivity index (χ1) is 11.7. The minimum absolute atomic E-state index is 0.346. The van der Waals surface area contributed by atoms with E-state index in [0.717, 1.165) is 12.0 Å². The maximum atomic E-state index is 14.7. The molecule has 122 valence electrons. The van der Waals surface area contributed by atoms with Crippen LogP contribution in [0.1, 0.15) is 23.1 Å². The van der Waals surface area contributed by atoms with Crippen LogP contribution in [0.3, 0.4) is 0 Å². The number of anilines is 2. The average molecular weight is 323 g/mol. The fourth-order valence-corrected chi connectivity index (χ4v) is 2.28. The lowest BCUT2D eigenvalue weighted by Gasteiger charge is -2.15. The number of hydrogen-bond acceptors (Lipinski definition) is 4. The molecular weight excluding hydrogens is 305 g/mol. The van der Waals surface area contributed by atoms with Crippen LogP contribution < -0.4 is 10.6 Å². The monoisotopic (exact) mass is 323 g/mol. The Labute approximate surface area is 140 Å². The Balaban J connectivity index is 2.36. The first-order valence-electron chi connectivity index (χ1n) is 7.55. The van der Waals surface area contributed by atoms with Crippen LogP contribution in [0.15, 0.2) is 42.5 Å². The summed E-state index contributed by atoms with van der Waals surface area (Å²) in [6.45, 7) is 0.430. The molecule has 2 aromatic carbocycles. The minimum atomic E-state index is -0.398. The van der Waals surface area contributed by atoms with Crippen molar-refractivity contribution in [1.29, 1.82) is 5.26 Å². The summed E-state index contributed by atoms with van der Waals surface area (Å²) in [5.41, 5.74) is 2.98. The van der Waals surface area contributed by atoms with Crippen molar-refractivity contribution in [3.05, 3.63) is 59.2 Å². The van der Waals surface area contributed by atoms with Gasteiger partial charge in [0.15, 0.2) is 0 Å². The Kier molecular flexibility index (Phi) is 6.09. The molecule has 2 N–H and O–H groups in total. The predicted octanol–water partition coefficient (Wildman–Crippen LogP) is 4.07. The van der Waals surface area contributed by atoms with Crippen molar-refractivity contribution >= 4 is 29.6 Å². The highest BCUT2D eigenvalue weighted by atomic mass is 19.1. The number of nitrogens with zero attached hydrogens (tertiary/aromatic N) is 1. The summed E-state index contributed by atoms with van der Waals surface area (Å²) in [4.78, 5) is 10.5. The van der Waals surface area contributed by atoms with Crippen LogP contribution in [-0.4, -0.2) is 19.9 Å². The van der Waals surface area contributed by atoms with Crippen LogP contribution in [0.2, 0.25) is 0 Å². The van der Waals surface area contributed by atoms with Gasteiger partial charge in [0.1, 0.15) is 12.1 Å². The van der Waals surface area contributed by atoms with E-state index in [1.807, 2.05) is 12.1 Å². The van der Waals surface area contributed by atoms with Crippen molar-refractivity contribution in [2.75, 3.05) is 24.2 Å². The molecule has 0 aliphatic carbocycles. The Bertz CT molecular complexity index is 776. The molecule has 24 heavy (non-hydrogen) atoms. The van der Waals surface area contributed by atoms with Gasteiger partial charge < -0.3 is 15.4 Å². The van der Waals surface area contributed by atoms with E-state index in [1.54, 1.807) is 43.4 Å². The second kappa shape index (κ2) is 8.49. The zero-order chi connectivity index (χ0) is 17.4. The van der Waals surface area contributed by atoms with Crippen molar-refractivity contribution in [2.24, 2.45) is 0 Å². The summed E-state index contributed by atoms with van der Waals surface area (Å²) in [7, 11) is 1.76. The highest BCUT2D eigenvalue weighted by molar-refractivity contribution is 5.88. The van der Waals surface area contributed by atoms with Gasteiger partial charge in [-0.3, -0.25) is 0 Å². The molecule has 0 bridgehead atoms.